The Morgan fingerprint density at radius 3 is 2.79 bits per heavy atom. The molecule has 0 aliphatic carbocycles. The number of rotatable bonds is 5. The zero-order valence-corrected chi connectivity index (χ0v) is 16.5. The summed E-state index contributed by atoms with van der Waals surface area (Å²) in [7, 11) is 0. The van der Waals surface area contributed by atoms with Crippen molar-refractivity contribution in [3.8, 4) is 5.75 Å². The maximum absolute atomic E-state index is 12.8. The molecule has 2 aromatic carbocycles. The highest BCUT2D eigenvalue weighted by molar-refractivity contribution is 6.33. The highest BCUT2D eigenvalue weighted by atomic mass is 35.5. The number of aryl methyl sites for hydroxylation is 1. The van der Waals surface area contributed by atoms with Crippen molar-refractivity contribution in [2.75, 3.05) is 19.9 Å². The van der Waals surface area contributed by atoms with Crippen molar-refractivity contribution in [1.82, 2.24) is 0 Å². The zero-order valence-electron chi connectivity index (χ0n) is 15.8. The predicted molar refractivity (Wildman–Crippen MR) is 108 cm³/mol. The molecule has 1 atom stereocenters. The molecule has 0 fully saturated rings. The van der Waals surface area contributed by atoms with Crippen LogP contribution in [0.2, 0.25) is 5.02 Å². The lowest BCUT2D eigenvalue weighted by molar-refractivity contribution is -0.932. The van der Waals surface area contributed by atoms with Crippen LogP contribution in [0.15, 0.2) is 45.6 Å². The van der Waals surface area contributed by atoms with E-state index in [4.69, 9.17) is 25.9 Å². The van der Waals surface area contributed by atoms with E-state index in [1.807, 2.05) is 43.3 Å². The summed E-state index contributed by atoms with van der Waals surface area (Å²) in [6.45, 7) is 3.99. The van der Waals surface area contributed by atoms with Gasteiger partial charge in [0.1, 0.15) is 6.54 Å². The summed E-state index contributed by atoms with van der Waals surface area (Å²) in [6, 6.07) is 11.7. The normalized spacial score (nSPS) is 16.0. The largest absolute Gasteiger partial charge is 0.443 e. The van der Waals surface area contributed by atoms with E-state index < -0.39 is 0 Å². The number of aliphatic hydroxyl groups is 1. The van der Waals surface area contributed by atoms with Gasteiger partial charge in [-0.3, -0.25) is 4.90 Å². The second kappa shape index (κ2) is 7.95. The van der Waals surface area contributed by atoms with Crippen LogP contribution in [-0.2, 0) is 13.0 Å². The molecule has 0 saturated heterocycles. The summed E-state index contributed by atoms with van der Waals surface area (Å²) in [5, 5.41) is 10.5. The molecule has 28 heavy (non-hydrogen) atoms. The van der Waals surface area contributed by atoms with Gasteiger partial charge in [0.05, 0.1) is 17.1 Å². The van der Waals surface area contributed by atoms with E-state index in [-0.39, 0.29) is 12.2 Å². The van der Waals surface area contributed by atoms with Gasteiger partial charge in [0.15, 0.2) is 11.3 Å². The third-order valence-electron chi connectivity index (χ3n) is 5.34. The van der Waals surface area contributed by atoms with Gasteiger partial charge in [-0.25, -0.2) is 4.79 Å². The molecule has 0 radical (unpaired) electrons. The van der Waals surface area contributed by atoms with Crippen molar-refractivity contribution in [1.29, 1.82) is 0 Å². The van der Waals surface area contributed by atoms with Gasteiger partial charge in [-0.2, -0.15) is 0 Å². The first kappa shape index (κ1) is 19.0. The van der Waals surface area contributed by atoms with Gasteiger partial charge in [-0.1, -0.05) is 41.9 Å². The number of fused-ring (bicyclic) bond motifs is 3. The first-order valence-electron chi connectivity index (χ1n) is 9.47. The summed E-state index contributed by atoms with van der Waals surface area (Å²) in [4.78, 5) is 14.0. The van der Waals surface area contributed by atoms with Crippen LogP contribution in [0.1, 0.15) is 28.7 Å². The zero-order chi connectivity index (χ0) is 19.7. The van der Waals surface area contributed by atoms with E-state index in [0.717, 1.165) is 28.6 Å². The van der Waals surface area contributed by atoms with E-state index in [1.54, 1.807) is 0 Å². The molecule has 5 nitrogen and oxygen atoms in total. The van der Waals surface area contributed by atoms with Crippen LogP contribution >= 0.6 is 11.6 Å². The quantitative estimate of drug-likeness (QED) is 0.646. The average molecular weight is 401 g/mol. The van der Waals surface area contributed by atoms with Gasteiger partial charge in [-0.15, -0.1) is 0 Å². The number of ether oxygens (including phenoxy) is 1. The summed E-state index contributed by atoms with van der Waals surface area (Å²) in [5.41, 5.74) is 3.66. The molecular weight excluding hydrogens is 378 g/mol. The van der Waals surface area contributed by atoms with Crippen LogP contribution in [0.5, 0.6) is 5.75 Å². The molecule has 1 unspecified atom stereocenters. The number of aliphatic hydroxyl groups excluding tert-OH is 1. The van der Waals surface area contributed by atoms with Crippen LogP contribution in [-0.4, -0.2) is 25.0 Å². The van der Waals surface area contributed by atoms with Crippen molar-refractivity contribution < 1.29 is 19.2 Å². The second-order valence-electron chi connectivity index (χ2n) is 7.24. The number of halogens is 1. The van der Waals surface area contributed by atoms with E-state index >= 15 is 0 Å². The van der Waals surface area contributed by atoms with Gasteiger partial charge in [0.25, 0.3) is 0 Å². The van der Waals surface area contributed by atoms with Gasteiger partial charge < -0.3 is 14.3 Å². The van der Waals surface area contributed by atoms with Crippen LogP contribution < -0.4 is 15.3 Å². The molecule has 2 N–H and O–H groups in total. The topological polar surface area (TPSA) is 64.1 Å². The van der Waals surface area contributed by atoms with Gasteiger partial charge in [-0.05, 0) is 24.1 Å². The van der Waals surface area contributed by atoms with E-state index in [2.05, 4.69) is 0 Å². The Morgan fingerprint density at radius 1 is 1.25 bits per heavy atom. The van der Waals surface area contributed by atoms with Gasteiger partial charge in [0.2, 0.25) is 6.73 Å². The molecule has 0 bridgehead atoms. The number of hydrogen-bond acceptors (Lipinski definition) is 4. The Kier molecular flexibility index (Phi) is 5.40. The summed E-state index contributed by atoms with van der Waals surface area (Å²) >= 11 is 6.50. The van der Waals surface area contributed by atoms with Crippen LogP contribution in [0.4, 0.5) is 0 Å². The molecule has 0 spiro atoms. The molecule has 6 heteroatoms. The number of hydrogen-bond donors (Lipinski definition) is 2. The van der Waals surface area contributed by atoms with Crippen molar-refractivity contribution in [2.45, 2.75) is 26.3 Å². The van der Waals surface area contributed by atoms with Crippen molar-refractivity contribution in [3.05, 3.63) is 74.1 Å². The highest BCUT2D eigenvalue weighted by Crippen LogP contribution is 2.37. The molecule has 3 aromatic rings. The molecular formula is C22H23ClNO4+. The number of benzene rings is 2. The van der Waals surface area contributed by atoms with Crippen molar-refractivity contribution >= 4 is 22.6 Å². The van der Waals surface area contributed by atoms with Gasteiger partial charge in [0, 0.05) is 30.4 Å². The average Bonchev–Trinajstić information content (AvgIpc) is 2.71. The lowest BCUT2D eigenvalue weighted by Gasteiger charge is -2.27. The van der Waals surface area contributed by atoms with Gasteiger partial charge >= 0.3 is 5.63 Å². The summed E-state index contributed by atoms with van der Waals surface area (Å²) in [6.07, 6.45) is 1.21. The molecule has 1 aliphatic heterocycles. The Balaban J connectivity index is 1.81. The maximum atomic E-state index is 12.8. The summed E-state index contributed by atoms with van der Waals surface area (Å²) < 4.78 is 11.7. The first-order chi connectivity index (χ1) is 13.6. The Bertz CT molecular complexity index is 1060. The van der Waals surface area contributed by atoms with E-state index in [0.29, 0.717) is 48.0 Å². The third kappa shape index (κ3) is 3.53. The molecule has 146 valence electrons. The molecule has 4 rings (SSSR count). The van der Waals surface area contributed by atoms with Crippen molar-refractivity contribution in [3.63, 3.8) is 0 Å². The fourth-order valence-electron chi connectivity index (χ4n) is 3.82. The number of quaternary nitrogens is 1. The minimum Gasteiger partial charge on any atom is -0.443 e. The highest BCUT2D eigenvalue weighted by Gasteiger charge is 2.28. The standard InChI is InChI=1S/C22H22ClNO4/c1-14-16-11-19(23)21-18(12-24(13-27-21)8-5-9-25)20(16)28-22(26)17(14)10-15-6-3-2-4-7-15/h2-4,6-7,11,25H,5,8-10,12-13H2,1H3/p+1. The maximum Gasteiger partial charge on any atom is 0.340 e. The fraction of sp³-hybridized carbons (Fsp3) is 0.318. The van der Waals surface area contributed by atoms with Crippen LogP contribution in [0.25, 0.3) is 11.0 Å². The molecule has 1 aliphatic rings. The first-order valence-corrected chi connectivity index (χ1v) is 9.85. The van der Waals surface area contributed by atoms with E-state index in [1.165, 1.54) is 4.90 Å². The van der Waals surface area contributed by atoms with E-state index in [9.17, 15) is 4.79 Å². The lowest BCUT2D eigenvalue weighted by Crippen LogP contribution is -3.12. The summed E-state index contributed by atoms with van der Waals surface area (Å²) in [5.74, 6) is 0.597. The number of nitrogens with one attached hydrogen (secondary N) is 1. The van der Waals surface area contributed by atoms with Crippen LogP contribution in [0, 0.1) is 6.92 Å². The SMILES string of the molecule is Cc1c(Cc2ccccc2)c(=O)oc2c3c(c(Cl)cc12)OC[NH+](CCCO)C3. The Morgan fingerprint density at radius 2 is 2.04 bits per heavy atom. The molecule has 2 heterocycles. The lowest BCUT2D eigenvalue weighted by atomic mass is 9.97. The van der Waals surface area contributed by atoms with Crippen molar-refractivity contribution in [2.24, 2.45) is 0 Å². The third-order valence-corrected chi connectivity index (χ3v) is 5.62. The molecule has 1 aromatic heterocycles. The monoisotopic (exact) mass is 400 g/mol. The Labute approximate surface area is 168 Å². The fourth-order valence-corrected chi connectivity index (χ4v) is 4.10. The minimum atomic E-state index is -0.319. The second-order valence-corrected chi connectivity index (χ2v) is 7.65. The van der Waals surface area contributed by atoms with Crippen LogP contribution in [0.3, 0.4) is 0 Å². The molecule has 0 saturated carbocycles. The smallest absolute Gasteiger partial charge is 0.340 e. The minimum absolute atomic E-state index is 0.143. The Hall–Kier alpha value is -2.34. The molecule has 0 amide bonds. The predicted octanol–water partition coefficient (Wildman–Crippen LogP) is 2.46.